The van der Waals surface area contributed by atoms with Crippen LogP contribution in [0.1, 0.15) is 10.7 Å². The zero-order chi connectivity index (χ0) is 10.6. The first kappa shape index (κ1) is 11.2. The van der Waals surface area contributed by atoms with Crippen LogP contribution in [0.15, 0.2) is 5.38 Å². The number of rotatable bonds is 5. The summed E-state index contributed by atoms with van der Waals surface area (Å²) in [6.07, 6.45) is -0.162. The topological polar surface area (TPSA) is 99.6 Å². The summed E-state index contributed by atoms with van der Waals surface area (Å²) in [5.74, 6) is -0.973. The highest BCUT2D eigenvalue weighted by molar-refractivity contribution is 7.74. The molecule has 0 aromatic carbocycles. The number of carboxylic acids is 1. The van der Waals surface area contributed by atoms with Crippen LogP contribution in [0.25, 0.3) is 0 Å². The SMILES string of the molecule is O=C(O)Cc1nc(COS(=O)[O-])cs1. The summed E-state index contributed by atoms with van der Waals surface area (Å²) in [4.78, 5) is 14.1. The summed E-state index contributed by atoms with van der Waals surface area (Å²) in [5, 5.41) is 10.4. The molecule has 0 saturated heterocycles. The van der Waals surface area contributed by atoms with Gasteiger partial charge in [0.1, 0.15) is 11.6 Å². The van der Waals surface area contributed by atoms with Gasteiger partial charge in [-0.25, -0.2) is 9.19 Å². The number of hydrogen-bond donors (Lipinski definition) is 1. The quantitative estimate of drug-likeness (QED) is 0.727. The summed E-state index contributed by atoms with van der Waals surface area (Å²) in [7, 11) is 0. The molecule has 1 unspecified atom stereocenters. The van der Waals surface area contributed by atoms with Crippen molar-refractivity contribution in [3.8, 4) is 0 Å². The van der Waals surface area contributed by atoms with Gasteiger partial charge in [0.05, 0.1) is 23.5 Å². The molecule has 14 heavy (non-hydrogen) atoms. The maximum Gasteiger partial charge on any atom is 0.310 e. The highest BCUT2D eigenvalue weighted by Gasteiger charge is 2.06. The molecule has 0 aliphatic carbocycles. The number of hydrogen-bond acceptors (Lipinski definition) is 6. The number of carboxylic acid groups (broad SMARTS) is 1. The highest BCUT2D eigenvalue weighted by atomic mass is 32.2. The smallest absolute Gasteiger partial charge is 0.310 e. The van der Waals surface area contributed by atoms with Crippen molar-refractivity contribution in [2.75, 3.05) is 0 Å². The van der Waals surface area contributed by atoms with E-state index in [2.05, 4.69) is 9.17 Å². The Morgan fingerprint density at radius 3 is 3.07 bits per heavy atom. The van der Waals surface area contributed by atoms with Crippen molar-refractivity contribution in [3.63, 3.8) is 0 Å². The molecule has 1 N–H and O–H groups in total. The van der Waals surface area contributed by atoms with Gasteiger partial charge < -0.3 is 9.66 Å². The molecule has 0 spiro atoms. The molecule has 0 aliphatic heterocycles. The fourth-order valence-corrected chi connectivity index (χ4v) is 1.72. The van der Waals surface area contributed by atoms with E-state index in [1.807, 2.05) is 0 Å². The largest absolute Gasteiger partial charge is 0.750 e. The number of thiazole rings is 1. The Hall–Kier alpha value is -0.830. The Labute approximate surface area is 86.0 Å². The molecule has 1 aromatic heterocycles. The van der Waals surface area contributed by atoms with Gasteiger partial charge in [0.2, 0.25) is 0 Å². The molecule has 0 radical (unpaired) electrons. The average molecular weight is 236 g/mol. The highest BCUT2D eigenvalue weighted by Crippen LogP contribution is 2.11. The van der Waals surface area contributed by atoms with Gasteiger partial charge in [0.15, 0.2) is 0 Å². The van der Waals surface area contributed by atoms with Crippen LogP contribution >= 0.6 is 11.3 Å². The van der Waals surface area contributed by atoms with Gasteiger partial charge in [-0.2, -0.15) is 0 Å². The van der Waals surface area contributed by atoms with Crippen molar-refractivity contribution in [1.82, 2.24) is 4.98 Å². The van der Waals surface area contributed by atoms with Crippen molar-refractivity contribution < 1.29 is 22.8 Å². The minimum Gasteiger partial charge on any atom is -0.750 e. The third-order valence-electron chi connectivity index (χ3n) is 1.20. The van der Waals surface area contributed by atoms with Crippen LogP contribution in [-0.4, -0.2) is 24.8 Å². The molecule has 0 fully saturated rings. The Kier molecular flexibility index (Phi) is 4.14. The normalized spacial score (nSPS) is 12.6. The van der Waals surface area contributed by atoms with Crippen molar-refractivity contribution in [2.24, 2.45) is 0 Å². The molecule has 0 aliphatic rings. The summed E-state index contributed by atoms with van der Waals surface area (Å²) in [6.45, 7) is -0.160. The lowest BCUT2D eigenvalue weighted by Crippen LogP contribution is -2.00. The van der Waals surface area contributed by atoms with E-state index in [-0.39, 0.29) is 13.0 Å². The van der Waals surface area contributed by atoms with E-state index in [0.29, 0.717) is 10.7 Å². The summed E-state index contributed by atoms with van der Waals surface area (Å²) in [5.41, 5.74) is 0.412. The van der Waals surface area contributed by atoms with Gasteiger partial charge in [-0.3, -0.25) is 8.98 Å². The number of carbonyl (C=O) groups is 1. The molecular weight excluding hydrogens is 230 g/mol. The third kappa shape index (κ3) is 3.92. The van der Waals surface area contributed by atoms with Crippen molar-refractivity contribution in [2.45, 2.75) is 13.0 Å². The predicted molar refractivity (Wildman–Crippen MR) is 47.2 cm³/mol. The van der Waals surface area contributed by atoms with Gasteiger partial charge in [0.25, 0.3) is 0 Å². The summed E-state index contributed by atoms with van der Waals surface area (Å²) in [6, 6.07) is 0. The van der Waals surface area contributed by atoms with Crippen molar-refractivity contribution >= 4 is 28.7 Å². The first-order valence-corrected chi connectivity index (χ1v) is 5.33. The molecule has 1 rings (SSSR count). The molecule has 0 bridgehead atoms. The van der Waals surface area contributed by atoms with E-state index in [1.54, 1.807) is 5.38 Å². The van der Waals surface area contributed by atoms with Gasteiger partial charge in [-0.15, -0.1) is 11.3 Å². The van der Waals surface area contributed by atoms with E-state index in [1.165, 1.54) is 0 Å². The molecular formula is C6H6NO5S2-. The lowest BCUT2D eigenvalue weighted by molar-refractivity contribution is -0.136. The Morgan fingerprint density at radius 1 is 1.79 bits per heavy atom. The van der Waals surface area contributed by atoms with Crippen LogP contribution in [0, 0.1) is 0 Å². The second-order valence-corrected chi connectivity index (χ2v) is 3.86. The molecule has 1 atom stereocenters. The Morgan fingerprint density at radius 2 is 2.50 bits per heavy atom. The molecule has 8 heteroatoms. The Balaban J connectivity index is 2.50. The molecule has 1 aromatic rings. The van der Waals surface area contributed by atoms with E-state index in [9.17, 15) is 13.6 Å². The zero-order valence-electron chi connectivity index (χ0n) is 6.84. The zero-order valence-corrected chi connectivity index (χ0v) is 8.47. The van der Waals surface area contributed by atoms with Crippen LogP contribution in [0.2, 0.25) is 0 Å². The number of aliphatic carboxylic acids is 1. The van der Waals surface area contributed by atoms with Gasteiger partial charge in [-0.1, -0.05) is 0 Å². The van der Waals surface area contributed by atoms with Gasteiger partial charge in [-0.05, 0) is 0 Å². The van der Waals surface area contributed by atoms with Crippen molar-refractivity contribution in [3.05, 3.63) is 16.1 Å². The van der Waals surface area contributed by atoms with E-state index in [0.717, 1.165) is 11.3 Å². The van der Waals surface area contributed by atoms with Gasteiger partial charge >= 0.3 is 5.97 Å². The number of nitrogens with zero attached hydrogens (tertiary/aromatic N) is 1. The number of aromatic nitrogens is 1. The maximum absolute atomic E-state index is 10.3. The van der Waals surface area contributed by atoms with Crippen LogP contribution in [0.5, 0.6) is 0 Å². The Bertz CT molecular complexity index is 350. The van der Waals surface area contributed by atoms with E-state index >= 15 is 0 Å². The minimum atomic E-state index is -2.57. The first-order valence-electron chi connectivity index (χ1n) is 3.45. The predicted octanol–water partition coefficient (Wildman–Crippen LogP) is 0.0809. The van der Waals surface area contributed by atoms with Crippen LogP contribution in [0.4, 0.5) is 0 Å². The maximum atomic E-state index is 10.3. The van der Waals surface area contributed by atoms with Crippen molar-refractivity contribution in [1.29, 1.82) is 0 Å². The van der Waals surface area contributed by atoms with Crippen LogP contribution in [0.3, 0.4) is 0 Å². The molecule has 6 nitrogen and oxygen atoms in total. The van der Waals surface area contributed by atoms with E-state index < -0.39 is 17.3 Å². The fraction of sp³-hybridized carbons (Fsp3) is 0.333. The molecule has 78 valence electrons. The second kappa shape index (κ2) is 5.15. The lowest BCUT2D eigenvalue weighted by Gasteiger charge is -2.02. The summed E-state index contributed by atoms with van der Waals surface area (Å²) < 4.78 is 24.3. The van der Waals surface area contributed by atoms with E-state index in [4.69, 9.17) is 5.11 Å². The first-order chi connectivity index (χ1) is 6.58. The molecule has 0 saturated carbocycles. The van der Waals surface area contributed by atoms with Crippen LogP contribution < -0.4 is 0 Å². The van der Waals surface area contributed by atoms with Gasteiger partial charge in [0, 0.05) is 5.38 Å². The average Bonchev–Trinajstić information content (AvgIpc) is 2.47. The summed E-state index contributed by atoms with van der Waals surface area (Å²) >= 11 is -1.41. The second-order valence-electron chi connectivity index (χ2n) is 2.27. The third-order valence-corrected chi connectivity index (χ3v) is 2.41. The standard InChI is InChI=1S/C6H7NO5S2/c8-6(9)1-5-7-4(3-13-5)2-12-14(10)11/h3H,1-2H2,(H,8,9)(H,10,11)/p-1. The molecule has 0 amide bonds. The molecule has 1 heterocycles. The van der Waals surface area contributed by atoms with Crippen LogP contribution in [-0.2, 0) is 33.4 Å². The monoisotopic (exact) mass is 236 g/mol. The minimum absolute atomic E-state index is 0.160. The lowest BCUT2D eigenvalue weighted by atomic mass is 10.4. The fourth-order valence-electron chi connectivity index (χ4n) is 0.734.